The first-order chi connectivity index (χ1) is 8.09. The third-order valence-corrected chi connectivity index (χ3v) is 3.66. The molecule has 1 atom stereocenters. The summed E-state index contributed by atoms with van der Waals surface area (Å²) < 4.78 is 0. The van der Waals surface area contributed by atoms with Crippen LogP contribution in [0.5, 0.6) is 0 Å². The molecule has 2 heteroatoms. The fraction of sp³-hybridized carbons (Fsp3) is 0.333. The Morgan fingerprint density at radius 2 is 1.88 bits per heavy atom. The van der Waals surface area contributed by atoms with Gasteiger partial charge in [-0.2, -0.15) is 0 Å². The van der Waals surface area contributed by atoms with E-state index in [1.54, 1.807) is 12.1 Å². The fourth-order valence-corrected chi connectivity index (χ4v) is 2.65. The van der Waals surface area contributed by atoms with E-state index in [4.69, 9.17) is 0 Å². The second-order valence-electron chi connectivity index (χ2n) is 4.61. The first-order valence-electron chi connectivity index (χ1n) is 5.88. The monoisotopic (exact) mass is 228 g/mol. The predicted octanol–water partition coefficient (Wildman–Crippen LogP) is 3.18. The van der Waals surface area contributed by atoms with Gasteiger partial charge in [-0.25, -0.2) is 0 Å². The number of allylic oxidation sites excluding steroid dienone is 1. The minimum atomic E-state index is -0.957. The molecule has 1 aliphatic rings. The van der Waals surface area contributed by atoms with Crippen molar-refractivity contribution in [2.24, 2.45) is 5.41 Å². The standard InChI is InChI=1S/C15H16O2/c1-11-7-6-10-15(11,12(2)16)14(17)13-8-4-3-5-9-13/h3-5,8-9H,1,6-7,10H2,2H3. The van der Waals surface area contributed by atoms with Gasteiger partial charge in [0.2, 0.25) is 0 Å². The van der Waals surface area contributed by atoms with Crippen LogP contribution in [0.3, 0.4) is 0 Å². The molecule has 0 bridgehead atoms. The van der Waals surface area contributed by atoms with E-state index < -0.39 is 5.41 Å². The van der Waals surface area contributed by atoms with Gasteiger partial charge in [-0.15, -0.1) is 0 Å². The maximum Gasteiger partial charge on any atom is 0.180 e. The number of carbonyl (C=O) groups is 2. The molecule has 1 aromatic carbocycles. The zero-order valence-electron chi connectivity index (χ0n) is 10.0. The molecular weight excluding hydrogens is 212 g/mol. The Morgan fingerprint density at radius 3 is 2.35 bits per heavy atom. The number of hydrogen-bond acceptors (Lipinski definition) is 2. The van der Waals surface area contributed by atoms with Crippen molar-refractivity contribution < 1.29 is 9.59 Å². The van der Waals surface area contributed by atoms with Gasteiger partial charge in [-0.1, -0.05) is 42.5 Å². The molecule has 2 rings (SSSR count). The molecular formula is C15H16O2. The molecule has 0 spiro atoms. The summed E-state index contributed by atoms with van der Waals surface area (Å²) in [5, 5.41) is 0. The van der Waals surface area contributed by atoms with Crippen molar-refractivity contribution in [2.45, 2.75) is 26.2 Å². The molecule has 0 saturated heterocycles. The SMILES string of the molecule is C=C1CCCC1(C(C)=O)C(=O)c1ccccc1. The van der Waals surface area contributed by atoms with Gasteiger partial charge in [0.15, 0.2) is 5.78 Å². The van der Waals surface area contributed by atoms with Crippen LogP contribution >= 0.6 is 0 Å². The van der Waals surface area contributed by atoms with Gasteiger partial charge >= 0.3 is 0 Å². The molecule has 1 unspecified atom stereocenters. The maximum absolute atomic E-state index is 12.5. The number of benzene rings is 1. The Kier molecular flexibility index (Phi) is 2.97. The van der Waals surface area contributed by atoms with Crippen LogP contribution < -0.4 is 0 Å². The van der Waals surface area contributed by atoms with E-state index in [9.17, 15) is 9.59 Å². The molecule has 0 aliphatic heterocycles. The van der Waals surface area contributed by atoms with Crippen LogP contribution in [0.4, 0.5) is 0 Å². The highest BCUT2D eigenvalue weighted by Crippen LogP contribution is 2.45. The quantitative estimate of drug-likeness (QED) is 0.452. The lowest BCUT2D eigenvalue weighted by molar-refractivity contribution is -0.122. The van der Waals surface area contributed by atoms with Crippen LogP contribution in [0.15, 0.2) is 42.5 Å². The second kappa shape index (κ2) is 4.28. The zero-order chi connectivity index (χ0) is 12.5. The molecule has 0 radical (unpaired) electrons. The lowest BCUT2D eigenvalue weighted by Crippen LogP contribution is -2.36. The Bertz CT molecular complexity index is 473. The third kappa shape index (κ3) is 1.74. The van der Waals surface area contributed by atoms with E-state index in [0.717, 1.165) is 18.4 Å². The molecule has 0 amide bonds. The Morgan fingerprint density at radius 1 is 1.24 bits per heavy atom. The summed E-state index contributed by atoms with van der Waals surface area (Å²) in [6.07, 6.45) is 2.25. The highest BCUT2D eigenvalue weighted by Gasteiger charge is 2.48. The van der Waals surface area contributed by atoms with Crippen LogP contribution in [0.1, 0.15) is 36.5 Å². The van der Waals surface area contributed by atoms with Crippen LogP contribution in [-0.4, -0.2) is 11.6 Å². The van der Waals surface area contributed by atoms with E-state index in [1.165, 1.54) is 6.92 Å². The fourth-order valence-electron chi connectivity index (χ4n) is 2.65. The summed E-state index contributed by atoms with van der Waals surface area (Å²) in [6, 6.07) is 9.02. The summed E-state index contributed by atoms with van der Waals surface area (Å²) >= 11 is 0. The van der Waals surface area contributed by atoms with Gasteiger partial charge in [-0.3, -0.25) is 9.59 Å². The Hall–Kier alpha value is -1.70. The summed E-state index contributed by atoms with van der Waals surface area (Å²) in [6.45, 7) is 5.43. The summed E-state index contributed by atoms with van der Waals surface area (Å²) in [4.78, 5) is 24.5. The largest absolute Gasteiger partial charge is 0.299 e. The van der Waals surface area contributed by atoms with Crippen molar-refractivity contribution in [2.75, 3.05) is 0 Å². The predicted molar refractivity (Wildman–Crippen MR) is 66.9 cm³/mol. The van der Waals surface area contributed by atoms with E-state index in [2.05, 4.69) is 6.58 Å². The van der Waals surface area contributed by atoms with E-state index in [-0.39, 0.29) is 11.6 Å². The van der Waals surface area contributed by atoms with Crippen LogP contribution in [0.2, 0.25) is 0 Å². The number of hydrogen-bond donors (Lipinski definition) is 0. The molecule has 2 nitrogen and oxygen atoms in total. The normalized spacial score (nSPS) is 23.7. The summed E-state index contributed by atoms with van der Waals surface area (Å²) in [7, 11) is 0. The van der Waals surface area contributed by atoms with Crippen molar-refractivity contribution in [3.8, 4) is 0 Å². The summed E-state index contributed by atoms with van der Waals surface area (Å²) in [5.74, 6) is -0.165. The topological polar surface area (TPSA) is 34.1 Å². The van der Waals surface area contributed by atoms with Crippen LogP contribution in [-0.2, 0) is 4.79 Å². The average Bonchev–Trinajstić information content (AvgIpc) is 2.72. The lowest BCUT2D eigenvalue weighted by Gasteiger charge is -2.25. The molecule has 88 valence electrons. The van der Waals surface area contributed by atoms with Gasteiger partial charge in [0.05, 0.1) is 0 Å². The van der Waals surface area contributed by atoms with Crippen LogP contribution in [0, 0.1) is 5.41 Å². The minimum absolute atomic E-state index is 0.0751. The molecule has 1 fully saturated rings. The Balaban J connectivity index is 2.46. The lowest BCUT2D eigenvalue weighted by atomic mass is 9.73. The van der Waals surface area contributed by atoms with Crippen molar-refractivity contribution in [3.05, 3.63) is 48.0 Å². The number of Topliss-reactive ketones (excluding diaryl/α,β-unsaturated/α-hetero) is 2. The molecule has 1 aliphatic carbocycles. The van der Waals surface area contributed by atoms with E-state index in [1.807, 2.05) is 18.2 Å². The number of ketones is 2. The van der Waals surface area contributed by atoms with Gasteiger partial charge in [0.1, 0.15) is 11.2 Å². The van der Waals surface area contributed by atoms with Crippen molar-refractivity contribution in [1.82, 2.24) is 0 Å². The van der Waals surface area contributed by atoms with E-state index >= 15 is 0 Å². The molecule has 0 heterocycles. The molecule has 17 heavy (non-hydrogen) atoms. The smallest absolute Gasteiger partial charge is 0.180 e. The first kappa shape index (κ1) is 11.8. The third-order valence-electron chi connectivity index (χ3n) is 3.66. The average molecular weight is 228 g/mol. The highest BCUT2D eigenvalue weighted by atomic mass is 16.2. The minimum Gasteiger partial charge on any atom is -0.299 e. The van der Waals surface area contributed by atoms with Crippen molar-refractivity contribution in [3.63, 3.8) is 0 Å². The van der Waals surface area contributed by atoms with Crippen molar-refractivity contribution >= 4 is 11.6 Å². The molecule has 0 aromatic heterocycles. The second-order valence-corrected chi connectivity index (χ2v) is 4.61. The number of carbonyl (C=O) groups excluding carboxylic acids is 2. The van der Waals surface area contributed by atoms with Crippen molar-refractivity contribution in [1.29, 1.82) is 0 Å². The van der Waals surface area contributed by atoms with Gasteiger partial charge < -0.3 is 0 Å². The van der Waals surface area contributed by atoms with Crippen LogP contribution in [0.25, 0.3) is 0 Å². The highest BCUT2D eigenvalue weighted by molar-refractivity contribution is 6.16. The molecule has 1 aromatic rings. The van der Waals surface area contributed by atoms with Gasteiger partial charge in [0, 0.05) is 5.56 Å². The van der Waals surface area contributed by atoms with Gasteiger partial charge in [0.25, 0.3) is 0 Å². The summed E-state index contributed by atoms with van der Waals surface area (Å²) in [5.41, 5.74) is 0.422. The van der Waals surface area contributed by atoms with Gasteiger partial charge in [-0.05, 0) is 26.2 Å². The number of rotatable bonds is 3. The Labute approximate surface area is 101 Å². The molecule has 0 N–H and O–H groups in total. The first-order valence-corrected chi connectivity index (χ1v) is 5.88. The molecule has 1 saturated carbocycles. The van der Waals surface area contributed by atoms with E-state index in [0.29, 0.717) is 12.0 Å². The zero-order valence-corrected chi connectivity index (χ0v) is 10.0. The maximum atomic E-state index is 12.5.